The molecule has 5 heterocycles. The van der Waals surface area contributed by atoms with Crippen molar-refractivity contribution in [3.63, 3.8) is 0 Å². The van der Waals surface area contributed by atoms with Crippen molar-refractivity contribution in [3.05, 3.63) is 120 Å². The number of fused-ring (bicyclic) bond motifs is 6. The summed E-state index contributed by atoms with van der Waals surface area (Å²) in [6, 6.07) is 27.5. The summed E-state index contributed by atoms with van der Waals surface area (Å²) in [4.78, 5) is 12.8. The molecule has 0 N–H and O–H groups in total. The first-order chi connectivity index (χ1) is 25.3. The Morgan fingerprint density at radius 1 is 0.717 bits per heavy atom. The Bertz CT molecular complexity index is 2660. The fraction of sp³-hybridized carbons (Fsp3) is 0.154. The molecule has 231 valence electrons. The molecule has 5 nitrogen and oxygen atoms in total. The number of pyridine rings is 3. The van der Waals surface area contributed by atoms with Gasteiger partial charge in [0.15, 0.2) is 0 Å². The van der Waals surface area contributed by atoms with Crippen LogP contribution in [-0.4, -0.2) is 23.0 Å². The van der Waals surface area contributed by atoms with E-state index in [9.17, 15) is 0 Å². The number of aromatic nitrogens is 3. The van der Waals surface area contributed by atoms with Gasteiger partial charge in [-0.15, -0.1) is 35.9 Å². The summed E-state index contributed by atoms with van der Waals surface area (Å²) in [5, 5.41) is 3.65. The molecule has 0 amide bonds. The van der Waals surface area contributed by atoms with Crippen molar-refractivity contribution in [2.24, 2.45) is 0 Å². The third kappa shape index (κ3) is 5.82. The van der Waals surface area contributed by atoms with E-state index in [0.717, 1.165) is 34.3 Å². The Morgan fingerprint density at radius 2 is 1.50 bits per heavy atom. The molecule has 5 aromatic heterocycles. The summed E-state index contributed by atoms with van der Waals surface area (Å²) in [7, 11) is -1.23. The molecule has 0 atom stereocenters. The first-order valence-corrected chi connectivity index (χ1v) is 17.9. The number of aryl methyl sites for hydroxylation is 3. The van der Waals surface area contributed by atoms with Gasteiger partial charge in [-0.1, -0.05) is 74.0 Å². The Balaban J connectivity index is 0.000000254. The standard InChI is InChI=1S/C25H17N2O2.C14H16NSi.Ir/c1-13-8-20(27-11-14(13)2)19-12-26-15(3)24-18-10-22-17(9-23(18)29-25(19)24)16-6-4-5-7-21(16)28-22;1-16(2,3)13-9-10-14(15-11-13)12-7-5-4-6-8-12;/h4-11H,1-3H3;4-7,9-11H,1-3H3;/q2*-1;/i1D3,2D3,3D3;;. The van der Waals surface area contributed by atoms with E-state index >= 15 is 0 Å². The first kappa shape index (κ1) is 22.2. The van der Waals surface area contributed by atoms with Gasteiger partial charge in [-0.25, -0.2) is 0 Å². The molecular weight excluding hydrogens is 763 g/mol. The molecule has 7 heteroatoms. The zero-order valence-electron chi connectivity index (χ0n) is 34.2. The second-order valence-electron chi connectivity index (χ2n) is 11.8. The van der Waals surface area contributed by atoms with Crippen molar-refractivity contribution in [3.8, 4) is 22.5 Å². The summed E-state index contributed by atoms with van der Waals surface area (Å²) in [6.07, 6.45) is 5.66. The van der Waals surface area contributed by atoms with Crippen LogP contribution in [0, 0.1) is 32.8 Å². The van der Waals surface area contributed by atoms with Crippen LogP contribution < -0.4 is 5.19 Å². The molecule has 0 fully saturated rings. The second-order valence-corrected chi connectivity index (χ2v) is 16.8. The molecule has 0 aliphatic carbocycles. The van der Waals surface area contributed by atoms with Gasteiger partial charge < -0.3 is 23.8 Å². The molecule has 8 rings (SSSR count). The van der Waals surface area contributed by atoms with Crippen molar-refractivity contribution in [2.75, 3.05) is 0 Å². The van der Waals surface area contributed by atoms with Gasteiger partial charge in [0.2, 0.25) is 0 Å². The molecule has 8 aromatic rings. The fourth-order valence-electron chi connectivity index (χ4n) is 5.26. The van der Waals surface area contributed by atoms with Crippen LogP contribution in [-0.2, 0) is 20.1 Å². The molecule has 46 heavy (non-hydrogen) atoms. The quantitative estimate of drug-likeness (QED) is 0.132. The summed E-state index contributed by atoms with van der Waals surface area (Å²) in [6.45, 7) is -1.07. The van der Waals surface area contributed by atoms with Gasteiger partial charge in [0, 0.05) is 61.0 Å². The summed E-state index contributed by atoms with van der Waals surface area (Å²) < 4.78 is 83.0. The molecule has 0 saturated carbocycles. The van der Waals surface area contributed by atoms with Crippen LogP contribution in [0.3, 0.4) is 0 Å². The molecular formula is C39H33IrN3O2Si-2. The van der Waals surface area contributed by atoms with Crippen molar-refractivity contribution < 1.29 is 41.3 Å². The van der Waals surface area contributed by atoms with Crippen LogP contribution in [0.25, 0.3) is 66.4 Å². The zero-order valence-corrected chi connectivity index (χ0v) is 28.5. The van der Waals surface area contributed by atoms with Gasteiger partial charge in [0.05, 0.1) is 13.7 Å². The molecule has 1 radical (unpaired) electrons. The predicted octanol–water partition coefficient (Wildman–Crippen LogP) is 9.76. The van der Waals surface area contributed by atoms with Gasteiger partial charge in [0.25, 0.3) is 0 Å². The largest absolute Gasteiger partial charge is 0.500 e. The van der Waals surface area contributed by atoms with E-state index in [4.69, 9.17) is 21.2 Å². The van der Waals surface area contributed by atoms with Crippen molar-refractivity contribution in [2.45, 2.75) is 40.2 Å². The molecule has 0 spiro atoms. The minimum absolute atomic E-state index is 0. The molecule has 0 saturated heterocycles. The number of nitrogens with zero attached hydrogens (tertiary/aromatic N) is 3. The fourth-order valence-corrected chi connectivity index (χ4v) is 6.29. The number of hydrogen-bond donors (Lipinski definition) is 0. The smallest absolute Gasteiger partial charge is 0.136 e. The van der Waals surface area contributed by atoms with Crippen LogP contribution in [0.4, 0.5) is 0 Å². The first-order valence-electron chi connectivity index (χ1n) is 18.9. The van der Waals surface area contributed by atoms with E-state index in [1.54, 1.807) is 12.1 Å². The maximum Gasteiger partial charge on any atom is 0.136 e. The minimum Gasteiger partial charge on any atom is -0.500 e. The molecule has 3 aromatic carbocycles. The average molecular weight is 805 g/mol. The van der Waals surface area contributed by atoms with Crippen LogP contribution in [0.2, 0.25) is 19.6 Å². The summed E-state index contributed by atoms with van der Waals surface area (Å²) in [5.41, 5.74) is 2.79. The Hall–Kier alpha value is -4.42. The van der Waals surface area contributed by atoms with Crippen molar-refractivity contribution in [1.82, 2.24) is 15.0 Å². The number of hydrogen-bond acceptors (Lipinski definition) is 5. The summed E-state index contributed by atoms with van der Waals surface area (Å²) >= 11 is 0. The average Bonchev–Trinajstić information content (AvgIpc) is 3.67. The van der Waals surface area contributed by atoms with Crippen LogP contribution in [0.5, 0.6) is 0 Å². The summed E-state index contributed by atoms with van der Waals surface area (Å²) in [5.74, 6) is 0. The Kier molecular flexibility index (Phi) is 5.98. The van der Waals surface area contributed by atoms with Crippen LogP contribution in [0.15, 0.2) is 100 Å². The van der Waals surface area contributed by atoms with Gasteiger partial charge in [-0.05, 0) is 71.3 Å². The van der Waals surface area contributed by atoms with Gasteiger partial charge in [-0.2, -0.15) is 0 Å². The number of furan rings is 2. The van der Waals surface area contributed by atoms with E-state index in [1.165, 1.54) is 5.19 Å². The Labute approximate surface area is 295 Å². The predicted molar refractivity (Wildman–Crippen MR) is 187 cm³/mol. The third-order valence-electron chi connectivity index (χ3n) is 7.71. The maximum atomic E-state index is 8.04. The van der Waals surface area contributed by atoms with Crippen LogP contribution >= 0.6 is 0 Å². The zero-order chi connectivity index (χ0) is 38.8. The monoisotopic (exact) mass is 805 g/mol. The van der Waals surface area contributed by atoms with Gasteiger partial charge >= 0.3 is 0 Å². The maximum absolute atomic E-state index is 8.04. The molecule has 0 aliphatic heterocycles. The normalized spacial score (nSPS) is 15.2. The van der Waals surface area contributed by atoms with E-state index in [0.29, 0.717) is 22.1 Å². The number of benzene rings is 3. The van der Waals surface area contributed by atoms with E-state index in [2.05, 4.69) is 59.0 Å². The molecule has 0 aliphatic rings. The van der Waals surface area contributed by atoms with Crippen molar-refractivity contribution >= 4 is 57.1 Å². The van der Waals surface area contributed by atoms with E-state index in [-0.39, 0.29) is 48.0 Å². The molecule has 0 bridgehead atoms. The van der Waals surface area contributed by atoms with Gasteiger partial charge in [-0.3, -0.25) is 0 Å². The SMILES string of the molecule is C[Si](C)(C)c1ccc(-c2[c-]cccc2)nc1.[2H]C([2H])([2H])c1cnc(-c2[c-]nc(C([2H])([2H])[2H])c3c2oc2cc4c(cc23)oc2ccccc24)cc1C([2H])([2H])[2H].[Ir]. The number of para-hydroxylation sites is 1. The van der Waals surface area contributed by atoms with Crippen LogP contribution in [0.1, 0.15) is 29.2 Å². The topological polar surface area (TPSA) is 65.0 Å². The van der Waals surface area contributed by atoms with Crippen molar-refractivity contribution in [1.29, 1.82) is 0 Å². The number of rotatable bonds is 3. The van der Waals surface area contributed by atoms with E-state index < -0.39 is 39.8 Å². The van der Waals surface area contributed by atoms with Gasteiger partial charge in [0.1, 0.15) is 16.7 Å². The molecule has 0 unspecified atom stereocenters. The van der Waals surface area contributed by atoms with E-state index in [1.807, 2.05) is 54.7 Å². The third-order valence-corrected chi connectivity index (χ3v) is 9.73. The second kappa shape index (κ2) is 12.4. The Morgan fingerprint density at radius 3 is 2.24 bits per heavy atom. The minimum atomic E-state index is -2.74.